The monoisotopic (exact) mass is 761 g/mol. The van der Waals surface area contributed by atoms with E-state index in [-0.39, 0.29) is 41.8 Å². The number of hydrogen-bond acceptors (Lipinski definition) is 8. The lowest BCUT2D eigenvalue weighted by Crippen LogP contribution is -2.52. The van der Waals surface area contributed by atoms with E-state index in [0.29, 0.717) is 26.2 Å². The highest BCUT2D eigenvalue weighted by Crippen LogP contribution is 2.44. The van der Waals surface area contributed by atoms with Gasteiger partial charge in [-0.25, -0.2) is 14.8 Å². The van der Waals surface area contributed by atoms with Gasteiger partial charge < -0.3 is 39.3 Å². The molecule has 13 nitrogen and oxygen atoms in total. The predicted molar refractivity (Wildman–Crippen MR) is 213 cm³/mol. The minimum absolute atomic E-state index is 0.0118. The summed E-state index contributed by atoms with van der Waals surface area (Å²) in [5.74, 6) is 2.51. The van der Waals surface area contributed by atoms with Crippen LogP contribution in [-0.4, -0.2) is 87.1 Å². The number of aromatic amines is 2. The molecule has 1 unspecified atom stereocenters. The third-order valence-corrected chi connectivity index (χ3v) is 11.8. The molecule has 0 radical (unpaired) electrons. The number of imidazole rings is 2. The van der Waals surface area contributed by atoms with Crippen molar-refractivity contribution in [2.24, 2.45) is 11.8 Å². The minimum atomic E-state index is -0.713. The molecule has 56 heavy (non-hydrogen) atoms. The number of aromatic nitrogens is 4. The van der Waals surface area contributed by atoms with Crippen LogP contribution in [0.3, 0.4) is 0 Å². The number of alkyl carbamates (subject to hydrolysis) is 1. The molecule has 0 aliphatic carbocycles. The summed E-state index contributed by atoms with van der Waals surface area (Å²) in [5.41, 5.74) is 6.84. The van der Waals surface area contributed by atoms with Crippen molar-refractivity contribution >= 4 is 39.7 Å². The Morgan fingerprint density at radius 2 is 1.86 bits per heavy atom. The van der Waals surface area contributed by atoms with Gasteiger partial charge in [-0.2, -0.15) is 0 Å². The molecule has 3 amide bonds. The van der Waals surface area contributed by atoms with E-state index in [9.17, 15) is 14.4 Å². The quantitative estimate of drug-likeness (QED) is 0.133. The number of benzene rings is 3. The van der Waals surface area contributed by atoms with Gasteiger partial charge in [-0.15, -0.1) is 0 Å². The van der Waals surface area contributed by atoms with Gasteiger partial charge in [-0.3, -0.25) is 9.59 Å². The first-order valence-corrected chi connectivity index (χ1v) is 19.8. The Balaban J connectivity index is 1.06. The van der Waals surface area contributed by atoms with Gasteiger partial charge in [-0.05, 0) is 84.9 Å². The van der Waals surface area contributed by atoms with Gasteiger partial charge in [0.25, 0.3) is 0 Å². The Kier molecular flexibility index (Phi) is 10.2. The SMILES string of the molecule is CCCC(=O)N1C[C@@H](COC)C[C@H]1c1ncc(-c2ccc3c(c2)COc2cc4c(ccc5nc([C@@H]6CC[C@H](C)N6C(=O)C(NC(=O)OC)C(C)C)[nH]c54)cc2-3)[nH]1. The number of amides is 3. The van der Waals surface area contributed by atoms with Crippen LogP contribution >= 0.6 is 0 Å². The summed E-state index contributed by atoms with van der Waals surface area (Å²) in [5, 5.41) is 4.78. The molecule has 2 aromatic heterocycles. The van der Waals surface area contributed by atoms with Crippen LogP contribution in [0.2, 0.25) is 0 Å². The molecule has 5 atom stereocenters. The van der Waals surface area contributed by atoms with E-state index < -0.39 is 12.1 Å². The average Bonchev–Trinajstić information content (AvgIpc) is 4.01. The number of carbonyl (C=O) groups excluding carboxylic acids is 3. The molecule has 3 aliphatic heterocycles. The summed E-state index contributed by atoms with van der Waals surface area (Å²) >= 11 is 0. The lowest BCUT2D eigenvalue weighted by molar-refractivity contribution is -0.137. The molecular weight excluding hydrogens is 711 g/mol. The largest absolute Gasteiger partial charge is 0.488 e. The van der Waals surface area contributed by atoms with Crippen LogP contribution < -0.4 is 10.1 Å². The Morgan fingerprint density at radius 1 is 1.02 bits per heavy atom. The van der Waals surface area contributed by atoms with Crippen LogP contribution in [-0.2, 0) is 25.7 Å². The van der Waals surface area contributed by atoms with Crippen molar-refractivity contribution in [1.29, 1.82) is 0 Å². The summed E-state index contributed by atoms with van der Waals surface area (Å²) in [6.45, 7) is 9.62. The fourth-order valence-electron chi connectivity index (χ4n) is 8.95. The van der Waals surface area contributed by atoms with Crippen molar-refractivity contribution in [1.82, 2.24) is 35.1 Å². The maximum absolute atomic E-state index is 13.9. The molecule has 8 rings (SSSR count). The smallest absolute Gasteiger partial charge is 0.407 e. The highest BCUT2D eigenvalue weighted by atomic mass is 16.5. The second-order valence-corrected chi connectivity index (χ2v) is 15.9. The number of carbonyl (C=O) groups is 3. The molecule has 294 valence electrons. The molecule has 3 aromatic carbocycles. The highest BCUT2D eigenvalue weighted by Gasteiger charge is 2.41. The fraction of sp³-hybridized carbons (Fsp3) is 0.465. The van der Waals surface area contributed by atoms with Crippen molar-refractivity contribution in [3.05, 3.63) is 65.9 Å². The molecular formula is C43H51N7O6. The number of nitrogens with one attached hydrogen (secondary N) is 3. The number of ether oxygens (including phenoxy) is 3. The molecule has 2 saturated heterocycles. The number of methoxy groups -OCH3 is 2. The second kappa shape index (κ2) is 15.2. The molecule has 3 N–H and O–H groups in total. The number of rotatable bonds is 10. The number of H-pyrrole nitrogens is 2. The Hall–Kier alpha value is -5.43. The zero-order valence-electron chi connectivity index (χ0n) is 33.0. The summed E-state index contributed by atoms with van der Waals surface area (Å²) in [6, 6.07) is 13.7. The maximum Gasteiger partial charge on any atom is 0.407 e. The molecule has 0 saturated carbocycles. The topological polar surface area (TPSA) is 155 Å². The number of hydrogen-bond donors (Lipinski definition) is 3. The van der Waals surface area contributed by atoms with Gasteiger partial charge in [0.15, 0.2) is 0 Å². The van der Waals surface area contributed by atoms with E-state index in [4.69, 9.17) is 24.2 Å². The molecule has 5 aromatic rings. The molecule has 5 heterocycles. The Morgan fingerprint density at radius 3 is 2.62 bits per heavy atom. The molecule has 0 bridgehead atoms. The van der Waals surface area contributed by atoms with E-state index in [1.165, 1.54) is 7.11 Å². The standard InChI is InChI=1S/C43H51N7O6/c1-7-8-37(51)49-20-25(21-54-5)15-35(49)40-44-19-33(46-40)27-10-12-29-28(16-27)22-56-36-18-30-26(17-31(29)36)11-13-32-39(30)47-41(45-32)34-14-9-24(4)50(34)42(52)38(23(2)3)48-43(53)55-6/h10-13,16-19,23-25,34-35,38H,7-9,14-15,20-22H2,1-6H3,(H,44,46)(H,45,47)(H,48,53)/t24-,25-,34-,35-,38?/m0/s1. The van der Waals surface area contributed by atoms with Crippen molar-refractivity contribution < 1.29 is 28.6 Å². The van der Waals surface area contributed by atoms with Gasteiger partial charge in [0.1, 0.15) is 30.0 Å². The van der Waals surface area contributed by atoms with Crippen molar-refractivity contribution in [3.8, 4) is 28.1 Å². The van der Waals surface area contributed by atoms with Gasteiger partial charge in [-0.1, -0.05) is 39.0 Å². The van der Waals surface area contributed by atoms with E-state index >= 15 is 0 Å². The summed E-state index contributed by atoms with van der Waals surface area (Å²) in [6.07, 6.45) is 4.98. The Bertz CT molecular complexity index is 2300. The summed E-state index contributed by atoms with van der Waals surface area (Å²) < 4.78 is 16.7. The zero-order valence-corrected chi connectivity index (χ0v) is 33.0. The van der Waals surface area contributed by atoms with Gasteiger partial charge in [0, 0.05) is 43.0 Å². The molecule has 3 aliphatic rings. The van der Waals surface area contributed by atoms with E-state index in [1.54, 1.807) is 7.11 Å². The third-order valence-electron chi connectivity index (χ3n) is 11.8. The summed E-state index contributed by atoms with van der Waals surface area (Å²) in [7, 11) is 3.01. The number of likely N-dealkylation sites (tertiary alicyclic amines) is 2. The minimum Gasteiger partial charge on any atom is -0.488 e. The molecule has 0 spiro atoms. The van der Waals surface area contributed by atoms with E-state index in [0.717, 1.165) is 92.8 Å². The molecule has 2 fully saturated rings. The van der Waals surface area contributed by atoms with Crippen LogP contribution in [0.1, 0.15) is 89.1 Å². The number of fused-ring (bicyclic) bond motifs is 6. The third kappa shape index (κ3) is 6.75. The predicted octanol–water partition coefficient (Wildman–Crippen LogP) is 7.43. The van der Waals surface area contributed by atoms with Gasteiger partial charge >= 0.3 is 6.09 Å². The first-order valence-electron chi connectivity index (χ1n) is 19.8. The van der Waals surface area contributed by atoms with Crippen molar-refractivity contribution in [2.75, 3.05) is 27.4 Å². The normalized spacial score (nSPS) is 21.0. The molecule has 13 heteroatoms. The van der Waals surface area contributed by atoms with Crippen LogP contribution in [0.15, 0.2) is 48.7 Å². The zero-order chi connectivity index (χ0) is 39.2. The second-order valence-electron chi connectivity index (χ2n) is 15.9. The van der Waals surface area contributed by atoms with E-state index in [1.807, 2.05) is 49.8 Å². The lowest BCUT2D eigenvalue weighted by Gasteiger charge is -2.32. The van der Waals surface area contributed by atoms with Crippen LogP contribution in [0, 0.1) is 11.8 Å². The van der Waals surface area contributed by atoms with Crippen LogP contribution in [0.4, 0.5) is 4.79 Å². The first-order chi connectivity index (χ1) is 27.1. The van der Waals surface area contributed by atoms with E-state index in [2.05, 4.69) is 51.7 Å². The first kappa shape index (κ1) is 37.5. The van der Waals surface area contributed by atoms with Gasteiger partial charge in [0.05, 0.1) is 48.7 Å². The van der Waals surface area contributed by atoms with Crippen molar-refractivity contribution in [3.63, 3.8) is 0 Å². The van der Waals surface area contributed by atoms with Crippen LogP contribution in [0.5, 0.6) is 5.75 Å². The highest BCUT2D eigenvalue weighted by molar-refractivity contribution is 6.07. The lowest BCUT2D eigenvalue weighted by atomic mass is 9.92. The average molecular weight is 762 g/mol. The maximum atomic E-state index is 13.9. The van der Waals surface area contributed by atoms with Crippen LogP contribution in [0.25, 0.3) is 44.2 Å². The summed E-state index contributed by atoms with van der Waals surface area (Å²) in [4.78, 5) is 59.8. The number of nitrogens with zero attached hydrogens (tertiary/aromatic N) is 4. The Labute approximate surface area is 326 Å². The van der Waals surface area contributed by atoms with Crippen molar-refractivity contribution in [2.45, 2.75) is 90.6 Å². The fourth-order valence-corrected chi connectivity index (χ4v) is 8.95. The van der Waals surface area contributed by atoms with Gasteiger partial charge in [0.2, 0.25) is 11.8 Å².